The Labute approximate surface area is 126 Å². The van der Waals surface area contributed by atoms with Gasteiger partial charge in [-0.15, -0.1) is 0 Å². The van der Waals surface area contributed by atoms with Crippen LogP contribution in [0.5, 0.6) is 0 Å². The summed E-state index contributed by atoms with van der Waals surface area (Å²) in [6, 6.07) is 7.98. The van der Waals surface area contributed by atoms with Gasteiger partial charge in [0.05, 0.1) is 11.7 Å². The van der Waals surface area contributed by atoms with E-state index in [0.29, 0.717) is 6.42 Å². The largest absolute Gasteiger partial charge is 0.382 e. The van der Waals surface area contributed by atoms with Crippen molar-refractivity contribution in [2.45, 2.75) is 32.2 Å². The molecule has 0 saturated carbocycles. The fourth-order valence-electron chi connectivity index (χ4n) is 2.58. The molecule has 6 heteroatoms. The molecule has 0 bridgehead atoms. The van der Waals surface area contributed by atoms with Crippen LogP contribution in [-0.2, 0) is 14.6 Å². The van der Waals surface area contributed by atoms with Gasteiger partial charge in [0.25, 0.3) is 0 Å². The van der Waals surface area contributed by atoms with Crippen LogP contribution in [0.4, 0.5) is 5.69 Å². The lowest BCUT2D eigenvalue weighted by Crippen LogP contribution is -2.38. The Balaban J connectivity index is 2.03. The van der Waals surface area contributed by atoms with Crippen molar-refractivity contribution in [3.05, 3.63) is 29.8 Å². The summed E-state index contributed by atoms with van der Waals surface area (Å²) in [5.41, 5.74) is 1.96. The number of hydrogen-bond donors (Lipinski definition) is 2. The highest BCUT2D eigenvalue weighted by molar-refractivity contribution is 7.91. The van der Waals surface area contributed by atoms with Gasteiger partial charge < -0.3 is 10.6 Å². The second-order valence-corrected chi connectivity index (χ2v) is 7.92. The van der Waals surface area contributed by atoms with Crippen molar-refractivity contribution in [1.29, 1.82) is 0 Å². The molecule has 2 unspecified atom stereocenters. The number of anilines is 1. The number of carbonyl (C=O) groups excluding carboxylic acids is 1. The summed E-state index contributed by atoms with van der Waals surface area (Å²) in [5.74, 6) is -0.211. The monoisotopic (exact) mass is 310 g/mol. The summed E-state index contributed by atoms with van der Waals surface area (Å²) < 4.78 is 22.9. The summed E-state index contributed by atoms with van der Waals surface area (Å²) in [6.45, 7) is 3.83. The molecular weight excluding hydrogens is 288 g/mol. The molecule has 5 nitrogen and oxygen atoms in total. The zero-order chi connectivity index (χ0) is 15.5. The van der Waals surface area contributed by atoms with Gasteiger partial charge in [-0.1, -0.05) is 25.1 Å². The number of rotatable bonds is 5. The predicted octanol–water partition coefficient (Wildman–Crippen LogP) is 1.53. The highest BCUT2D eigenvalue weighted by Crippen LogP contribution is 2.33. The van der Waals surface area contributed by atoms with Crippen molar-refractivity contribution in [1.82, 2.24) is 5.32 Å². The van der Waals surface area contributed by atoms with Gasteiger partial charge in [0, 0.05) is 24.0 Å². The van der Waals surface area contributed by atoms with Crippen LogP contribution in [0.15, 0.2) is 24.3 Å². The van der Waals surface area contributed by atoms with E-state index in [-0.39, 0.29) is 35.9 Å². The molecule has 0 radical (unpaired) electrons. The normalized spacial score (nSPS) is 21.2. The molecule has 0 aromatic heterocycles. The maximum atomic E-state index is 12.3. The van der Waals surface area contributed by atoms with Gasteiger partial charge in [-0.25, -0.2) is 8.42 Å². The van der Waals surface area contributed by atoms with Crippen molar-refractivity contribution in [2.75, 3.05) is 23.4 Å². The number of benzene rings is 1. The standard InChI is InChI=1S/C15H22N2O3S/c1-3-21(19,20)9-8-16-15(18)13-10-11(2)17-14-7-5-4-6-12(13)14/h4-7,11,13,17H,3,8-10H2,1-2H3,(H,16,18). The maximum absolute atomic E-state index is 12.3. The van der Waals surface area contributed by atoms with Crippen molar-refractivity contribution >= 4 is 21.4 Å². The summed E-state index contributed by atoms with van der Waals surface area (Å²) in [5, 5.41) is 6.12. The molecule has 1 aromatic carbocycles. The van der Waals surface area contributed by atoms with E-state index in [4.69, 9.17) is 0 Å². The molecule has 1 amide bonds. The maximum Gasteiger partial charge on any atom is 0.227 e. The fourth-order valence-corrected chi connectivity index (χ4v) is 3.28. The van der Waals surface area contributed by atoms with Gasteiger partial charge in [0.1, 0.15) is 0 Å². The number of para-hydroxylation sites is 1. The van der Waals surface area contributed by atoms with E-state index >= 15 is 0 Å². The van der Waals surface area contributed by atoms with E-state index in [9.17, 15) is 13.2 Å². The van der Waals surface area contributed by atoms with Crippen LogP contribution < -0.4 is 10.6 Å². The zero-order valence-electron chi connectivity index (χ0n) is 12.4. The number of sulfone groups is 1. The summed E-state index contributed by atoms with van der Waals surface area (Å²) >= 11 is 0. The Morgan fingerprint density at radius 1 is 1.38 bits per heavy atom. The first-order valence-corrected chi connectivity index (χ1v) is 9.08. The zero-order valence-corrected chi connectivity index (χ0v) is 13.2. The molecule has 2 rings (SSSR count). The molecule has 1 aromatic rings. The lowest BCUT2D eigenvalue weighted by molar-refractivity contribution is -0.122. The molecule has 2 N–H and O–H groups in total. The smallest absolute Gasteiger partial charge is 0.227 e. The van der Waals surface area contributed by atoms with E-state index in [0.717, 1.165) is 11.3 Å². The highest BCUT2D eigenvalue weighted by atomic mass is 32.2. The van der Waals surface area contributed by atoms with E-state index in [1.807, 2.05) is 31.2 Å². The van der Waals surface area contributed by atoms with Crippen LogP contribution in [0.25, 0.3) is 0 Å². The van der Waals surface area contributed by atoms with Gasteiger partial charge in [-0.05, 0) is 25.0 Å². The van der Waals surface area contributed by atoms with E-state index in [2.05, 4.69) is 10.6 Å². The number of nitrogens with one attached hydrogen (secondary N) is 2. The van der Waals surface area contributed by atoms with Gasteiger partial charge >= 0.3 is 0 Å². The third-order valence-electron chi connectivity index (χ3n) is 3.80. The van der Waals surface area contributed by atoms with Crippen LogP contribution in [0.3, 0.4) is 0 Å². The van der Waals surface area contributed by atoms with Crippen molar-refractivity contribution in [3.8, 4) is 0 Å². The first-order chi connectivity index (χ1) is 9.93. The van der Waals surface area contributed by atoms with Crippen LogP contribution in [0.2, 0.25) is 0 Å². The molecule has 0 spiro atoms. The number of fused-ring (bicyclic) bond motifs is 1. The Hall–Kier alpha value is -1.56. The third kappa shape index (κ3) is 3.97. The second kappa shape index (κ2) is 6.47. The minimum Gasteiger partial charge on any atom is -0.382 e. The average molecular weight is 310 g/mol. The van der Waals surface area contributed by atoms with Gasteiger partial charge in [0.15, 0.2) is 9.84 Å². The summed E-state index contributed by atoms with van der Waals surface area (Å²) in [7, 11) is -3.04. The molecule has 2 atom stereocenters. The molecule has 1 aliphatic rings. The van der Waals surface area contributed by atoms with Crippen LogP contribution in [0, 0.1) is 0 Å². The Kier molecular flexibility index (Phi) is 4.88. The highest BCUT2D eigenvalue weighted by Gasteiger charge is 2.29. The van der Waals surface area contributed by atoms with Gasteiger partial charge in [-0.3, -0.25) is 4.79 Å². The lowest BCUT2D eigenvalue weighted by Gasteiger charge is -2.30. The molecule has 0 fully saturated rings. The minimum atomic E-state index is -3.04. The lowest BCUT2D eigenvalue weighted by atomic mass is 9.87. The minimum absolute atomic E-state index is 0.00257. The second-order valence-electron chi connectivity index (χ2n) is 5.45. The first-order valence-electron chi connectivity index (χ1n) is 7.26. The third-order valence-corrected chi connectivity index (χ3v) is 5.50. The van der Waals surface area contributed by atoms with Gasteiger partial charge in [-0.2, -0.15) is 0 Å². The SMILES string of the molecule is CCS(=O)(=O)CCNC(=O)C1CC(C)Nc2ccccc21. The number of carbonyl (C=O) groups is 1. The topological polar surface area (TPSA) is 75.3 Å². The van der Waals surface area contributed by atoms with E-state index in [1.54, 1.807) is 6.92 Å². The molecule has 0 saturated heterocycles. The molecular formula is C15H22N2O3S. The number of hydrogen-bond acceptors (Lipinski definition) is 4. The van der Waals surface area contributed by atoms with Crippen molar-refractivity contribution in [3.63, 3.8) is 0 Å². The van der Waals surface area contributed by atoms with E-state index in [1.165, 1.54) is 0 Å². The number of amides is 1. The van der Waals surface area contributed by atoms with Crippen LogP contribution in [-0.4, -0.2) is 38.4 Å². The average Bonchev–Trinajstić information content (AvgIpc) is 2.46. The fraction of sp³-hybridized carbons (Fsp3) is 0.533. The van der Waals surface area contributed by atoms with Crippen molar-refractivity contribution < 1.29 is 13.2 Å². The van der Waals surface area contributed by atoms with E-state index < -0.39 is 9.84 Å². The molecule has 1 heterocycles. The molecule has 0 aliphatic carbocycles. The van der Waals surface area contributed by atoms with Crippen LogP contribution >= 0.6 is 0 Å². The molecule has 21 heavy (non-hydrogen) atoms. The molecule has 1 aliphatic heterocycles. The van der Waals surface area contributed by atoms with Gasteiger partial charge in [0.2, 0.25) is 5.91 Å². The summed E-state index contributed by atoms with van der Waals surface area (Å²) in [6.07, 6.45) is 0.712. The summed E-state index contributed by atoms with van der Waals surface area (Å²) in [4.78, 5) is 12.3. The Bertz CT molecular complexity index is 613. The molecule has 116 valence electrons. The first kappa shape index (κ1) is 15.8. The Morgan fingerprint density at radius 3 is 2.81 bits per heavy atom. The Morgan fingerprint density at radius 2 is 2.10 bits per heavy atom. The van der Waals surface area contributed by atoms with Crippen LogP contribution in [0.1, 0.15) is 31.7 Å². The van der Waals surface area contributed by atoms with Crippen molar-refractivity contribution in [2.24, 2.45) is 0 Å². The predicted molar refractivity (Wildman–Crippen MR) is 84.2 cm³/mol. The quantitative estimate of drug-likeness (QED) is 0.865.